The summed E-state index contributed by atoms with van der Waals surface area (Å²) in [5, 5.41) is 9.47. The van der Waals surface area contributed by atoms with Crippen molar-refractivity contribution >= 4 is 17.8 Å². The summed E-state index contributed by atoms with van der Waals surface area (Å²) in [5.41, 5.74) is 11.3. The van der Waals surface area contributed by atoms with Gasteiger partial charge in [0.05, 0.1) is 57.9 Å². The van der Waals surface area contributed by atoms with Crippen LogP contribution in [-0.2, 0) is 4.79 Å². The highest BCUT2D eigenvalue weighted by atomic mass is 19.2. The summed E-state index contributed by atoms with van der Waals surface area (Å²) in [6.07, 6.45) is 6.19. The first-order valence-corrected chi connectivity index (χ1v) is 18.0. The van der Waals surface area contributed by atoms with E-state index < -0.39 is 0 Å². The van der Waals surface area contributed by atoms with E-state index in [1.165, 1.54) is 18.7 Å². The monoisotopic (exact) mass is 724 g/mol. The van der Waals surface area contributed by atoms with Crippen molar-refractivity contribution in [2.24, 2.45) is 15.7 Å². The number of Topliss-reactive ketones (excluding diaryl/α,β-unsaturated/α-hetero) is 1. The number of piperidine rings is 1. The number of nitrogens with two attached hydrogens (primary N) is 1. The number of carbonyl (C=O) groups excluding carboxylic acids is 1. The second-order valence-electron chi connectivity index (χ2n) is 13.7. The van der Waals surface area contributed by atoms with Gasteiger partial charge in [-0.15, -0.1) is 9.60 Å². The molecule has 0 radical (unpaired) electrons. The summed E-state index contributed by atoms with van der Waals surface area (Å²) in [6, 6.07) is 10.6. The van der Waals surface area contributed by atoms with E-state index in [0.717, 1.165) is 63.3 Å². The molecule has 4 saturated heterocycles. The number of allylic oxidation sites excluding steroid dienone is 2. The maximum Gasteiger partial charge on any atom is 0.152 e. The largest absolute Gasteiger partial charge is 0.388 e. The van der Waals surface area contributed by atoms with E-state index in [1.54, 1.807) is 14.0 Å². The number of quaternary nitrogens is 2. The van der Waals surface area contributed by atoms with Crippen LogP contribution in [-0.4, -0.2) is 174 Å². The van der Waals surface area contributed by atoms with Gasteiger partial charge in [-0.1, -0.05) is 42.0 Å². The van der Waals surface area contributed by atoms with Gasteiger partial charge in [-0.25, -0.2) is 0 Å². The minimum atomic E-state index is 0.316. The number of likely N-dealkylation sites (tertiary alicyclic amines) is 1. The predicted molar refractivity (Wildman–Crippen MR) is 210 cm³/mol. The van der Waals surface area contributed by atoms with Gasteiger partial charge in [0, 0.05) is 64.6 Å². The van der Waals surface area contributed by atoms with Gasteiger partial charge >= 0.3 is 0 Å². The molecule has 0 spiro atoms. The lowest BCUT2D eigenvalue weighted by atomic mass is 10.1. The van der Waals surface area contributed by atoms with Crippen molar-refractivity contribution in [1.29, 1.82) is 0 Å². The number of amidine groups is 1. The Morgan fingerprint density at radius 2 is 1.41 bits per heavy atom. The highest BCUT2D eigenvalue weighted by Gasteiger charge is 2.21. The Labute approximate surface area is 308 Å². The summed E-state index contributed by atoms with van der Waals surface area (Å²) < 4.78 is 12.2. The van der Waals surface area contributed by atoms with Gasteiger partial charge in [0.2, 0.25) is 0 Å². The molecule has 10 N–H and O–H groups in total. The van der Waals surface area contributed by atoms with E-state index in [0.29, 0.717) is 49.9 Å². The SMILES string of the molecule is CC1=CCC=N1.CC1NCN(C)CN1.CN1CC(=O)CC([NH3+])C1.CN1CCN(F)CC1.CN1CCN([NH3+])CC1.CN=C(C)N.Cc1ccccc1. The molecule has 1 unspecified atom stereocenters. The van der Waals surface area contributed by atoms with Crippen LogP contribution in [0.5, 0.6) is 0 Å². The lowest BCUT2D eigenvalue weighted by Crippen LogP contribution is -2.71. The minimum Gasteiger partial charge on any atom is -0.388 e. The molecule has 1 aromatic carbocycles. The Kier molecular flexibility index (Phi) is 28.3. The number of carbonyl (C=O) groups is 1. The third-order valence-electron chi connectivity index (χ3n) is 8.02. The van der Waals surface area contributed by atoms with E-state index in [2.05, 4.69) is 98.1 Å². The predicted octanol–water partition coefficient (Wildman–Crippen LogP) is -0.264. The fourth-order valence-corrected chi connectivity index (χ4v) is 4.61. The molecule has 6 rings (SSSR count). The molecule has 294 valence electrons. The fraction of sp³-hybridized carbons (Fsp3) is 0.694. The van der Waals surface area contributed by atoms with Gasteiger partial charge < -0.3 is 21.3 Å². The smallest absolute Gasteiger partial charge is 0.152 e. The number of likely N-dealkylation sites (N-methyl/N-ethyl adjacent to an activating group) is 3. The molecule has 5 aliphatic heterocycles. The average Bonchev–Trinajstić information content (AvgIpc) is 3.57. The molecule has 1 aromatic rings. The van der Waals surface area contributed by atoms with Crippen LogP contribution in [0.15, 0.2) is 52.1 Å². The number of piperazine rings is 2. The molecular formula is C36H74FN13O+2. The van der Waals surface area contributed by atoms with Crippen LogP contribution in [0, 0.1) is 6.92 Å². The summed E-state index contributed by atoms with van der Waals surface area (Å²) in [6.45, 7) is 19.0. The average molecular weight is 724 g/mol. The van der Waals surface area contributed by atoms with Crippen LogP contribution in [0.4, 0.5) is 4.48 Å². The van der Waals surface area contributed by atoms with Crippen molar-refractivity contribution in [1.82, 2.24) is 40.4 Å². The zero-order valence-electron chi connectivity index (χ0n) is 33.5. The summed E-state index contributed by atoms with van der Waals surface area (Å²) in [5.74, 6) is 4.79. The number of rotatable bonds is 0. The van der Waals surface area contributed by atoms with Crippen LogP contribution < -0.4 is 27.9 Å². The highest BCUT2D eigenvalue weighted by Crippen LogP contribution is 2.01. The second kappa shape index (κ2) is 29.8. The number of hydrogen-bond donors (Lipinski definition) is 5. The van der Waals surface area contributed by atoms with Crippen LogP contribution >= 0.6 is 0 Å². The van der Waals surface area contributed by atoms with Crippen molar-refractivity contribution < 1.29 is 20.9 Å². The van der Waals surface area contributed by atoms with Crippen LogP contribution in [0.2, 0.25) is 0 Å². The summed E-state index contributed by atoms with van der Waals surface area (Å²) in [4.78, 5) is 27.0. The van der Waals surface area contributed by atoms with Crippen LogP contribution in [0.25, 0.3) is 0 Å². The normalized spacial score (nSPS) is 22.4. The number of aryl methyl sites for hydroxylation is 1. The Balaban J connectivity index is 0.000000576. The lowest BCUT2D eigenvalue weighted by molar-refractivity contribution is -0.577. The van der Waals surface area contributed by atoms with E-state index in [4.69, 9.17) is 5.73 Å². The van der Waals surface area contributed by atoms with E-state index >= 15 is 0 Å². The molecule has 5 aliphatic rings. The van der Waals surface area contributed by atoms with E-state index in [9.17, 15) is 9.28 Å². The Morgan fingerprint density at radius 3 is 1.71 bits per heavy atom. The van der Waals surface area contributed by atoms with Crippen LogP contribution in [0.1, 0.15) is 39.2 Å². The maximum atomic E-state index is 12.2. The second-order valence-corrected chi connectivity index (χ2v) is 13.7. The zero-order valence-corrected chi connectivity index (χ0v) is 33.5. The minimum absolute atomic E-state index is 0.316. The number of hydrogen-bond acceptors (Lipinski definition) is 11. The quantitative estimate of drug-likeness (QED) is 0.137. The molecule has 0 aromatic heterocycles. The van der Waals surface area contributed by atoms with E-state index in [1.807, 2.05) is 50.3 Å². The molecule has 0 aliphatic carbocycles. The lowest BCUT2D eigenvalue weighted by Gasteiger charge is -2.29. The Bertz CT molecular complexity index is 988. The van der Waals surface area contributed by atoms with Gasteiger partial charge in [0.1, 0.15) is 6.04 Å². The third kappa shape index (κ3) is 30.6. The summed E-state index contributed by atoms with van der Waals surface area (Å²) in [7, 11) is 9.84. The number of benzene rings is 1. The maximum absolute atomic E-state index is 12.2. The Hall–Kier alpha value is -2.70. The molecule has 5 heterocycles. The first-order chi connectivity index (χ1) is 24.1. The molecule has 0 bridgehead atoms. The fourth-order valence-electron chi connectivity index (χ4n) is 4.61. The standard InChI is InChI=1S/C7H8.C6H12N2O.C5H11FN2.2C5H13N3.C5H7N.C3H8N2/c1-7-5-3-2-4-6-7;1-8-3-5(7)2-6(9)4-8;1-7-2-4-8(6)5-3-7;1-5-6-3-8(2)4-7-5;1-7-2-4-8(6)5-3-7;1-5-3-2-4-6-5;1-3(4)5-2/h2-6H,1H3;5H,2-4,7H2,1H3;2-5H2,1H3;5-7H,3-4H2,1-2H3;2-6H2,1H3;3-4H,2H2,1H3;1-2H3,(H2,4,5)/p+2. The number of halogens is 1. The van der Waals surface area contributed by atoms with E-state index in [-0.39, 0.29) is 0 Å². The van der Waals surface area contributed by atoms with Crippen molar-refractivity contribution in [2.75, 3.05) is 114 Å². The van der Waals surface area contributed by atoms with Crippen LogP contribution in [0.3, 0.4) is 0 Å². The number of aliphatic imine (C=N–C) groups is 2. The number of ketones is 1. The first-order valence-electron chi connectivity index (χ1n) is 18.0. The zero-order chi connectivity index (χ0) is 38.6. The molecular weight excluding hydrogens is 649 g/mol. The molecule has 15 heteroatoms. The van der Waals surface area contributed by atoms with Crippen molar-refractivity contribution in [3.63, 3.8) is 0 Å². The topological polar surface area (TPSA) is 167 Å². The van der Waals surface area contributed by atoms with Crippen molar-refractivity contribution in [2.45, 2.75) is 52.7 Å². The summed E-state index contributed by atoms with van der Waals surface area (Å²) >= 11 is 0. The molecule has 0 amide bonds. The molecule has 1 atom stereocenters. The number of nitrogens with one attached hydrogen (secondary N) is 2. The highest BCUT2D eigenvalue weighted by molar-refractivity contribution is 5.81. The van der Waals surface area contributed by atoms with Crippen molar-refractivity contribution in [3.8, 4) is 0 Å². The van der Waals surface area contributed by atoms with Gasteiger partial charge in [0.25, 0.3) is 0 Å². The molecule has 51 heavy (non-hydrogen) atoms. The first kappa shape index (κ1) is 48.3. The molecule has 0 saturated carbocycles. The van der Waals surface area contributed by atoms with Gasteiger partial charge in [-0.3, -0.25) is 41.1 Å². The molecule has 14 nitrogen and oxygen atoms in total. The third-order valence-corrected chi connectivity index (χ3v) is 8.02. The van der Waals surface area contributed by atoms with Gasteiger partial charge in [-0.05, 0) is 55.9 Å². The van der Waals surface area contributed by atoms with Crippen molar-refractivity contribution in [3.05, 3.63) is 47.7 Å². The molecule has 4 fully saturated rings. The van der Waals surface area contributed by atoms with Gasteiger partial charge in [-0.2, -0.15) is 5.01 Å². The van der Waals surface area contributed by atoms with Gasteiger partial charge in [0.15, 0.2) is 5.78 Å². The number of nitrogens with zero attached hydrogens (tertiary/aromatic N) is 8. The Morgan fingerprint density at radius 1 is 0.902 bits per heavy atom.